The van der Waals surface area contributed by atoms with Gasteiger partial charge < -0.3 is 4.57 Å². The molecule has 0 N–H and O–H groups in total. The van der Waals surface area contributed by atoms with Crippen molar-refractivity contribution in [1.29, 1.82) is 0 Å². The van der Waals surface area contributed by atoms with Gasteiger partial charge in [0.25, 0.3) is 0 Å². The minimum Gasteiger partial charge on any atom is -0.308 e. The number of benzene rings is 4. The van der Waals surface area contributed by atoms with Gasteiger partial charge in [0.1, 0.15) is 0 Å². The molecule has 0 aliphatic rings. The lowest BCUT2D eigenvalue weighted by molar-refractivity contribution is 1.17. The van der Waals surface area contributed by atoms with Crippen molar-refractivity contribution in [1.82, 2.24) is 19.5 Å². The van der Waals surface area contributed by atoms with E-state index in [1.807, 2.05) is 42.7 Å². The van der Waals surface area contributed by atoms with Crippen LogP contribution in [0.25, 0.3) is 72.5 Å². The van der Waals surface area contributed by atoms with E-state index in [1.165, 1.54) is 11.1 Å². The monoisotopic (exact) mass is 550 g/mol. The van der Waals surface area contributed by atoms with Crippen molar-refractivity contribution in [2.75, 3.05) is 0 Å². The van der Waals surface area contributed by atoms with Crippen molar-refractivity contribution >= 4 is 21.9 Å². The van der Waals surface area contributed by atoms with Crippen LogP contribution in [-0.4, -0.2) is 19.5 Å². The van der Waals surface area contributed by atoms with Gasteiger partial charge in [0.15, 0.2) is 0 Å². The van der Waals surface area contributed by atoms with Gasteiger partial charge in [-0.25, -0.2) is 4.98 Å². The summed E-state index contributed by atoms with van der Waals surface area (Å²) in [6.45, 7) is 0. The molecule has 0 amide bonds. The Balaban J connectivity index is 1.27. The summed E-state index contributed by atoms with van der Waals surface area (Å²) in [7, 11) is 0. The molecule has 0 bridgehead atoms. The molecule has 4 aromatic heterocycles. The van der Waals surface area contributed by atoms with Crippen LogP contribution in [0.2, 0.25) is 0 Å². The Hall–Kier alpha value is -5.87. The predicted molar refractivity (Wildman–Crippen MR) is 176 cm³/mol. The van der Waals surface area contributed by atoms with Crippen molar-refractivity contribution in [3.63, 3.8) is 0 Å². The van der Waals surface area contributed by atoms with Crippen LogP contribution in [0, 0.1) is 0 Å². The van der Waals surface area contributed by atoms with Crippen molar-refractivity contribution in [2.45, 2.75) is 0 Å². The van der Waals surface area contributed by atoms with E-state index in [-0.39, 0.29) is 0 Å². The van der Waals surface area contributed by atoms with Gasteiger partial charge in [0.2, 0.25) is 0 Å². The van der Waals surface area contributed by atoms with Crippen molar-refractivity contribution in [2.24, 2.45) is 0 Å². The molecular weight excluding hydrogens is 524 g/mol. The zero-order chi connectivity index (χ0) is 28.6. The highest BCUT2D eigenvalue weighted by Gasteiger charge is 2.15. The minimum absolute atomic E-state index is 0.840. The molecule has 0 radical (unpaired) electrons. The van der Waals surface area contributed by atoms with E-state index in [2.05, 4.69) is 125 Å². The summed E-state index contributed by atoms with van der Waals surface area (Å²) >= 11 is 0. The quantitative estimate of drug-likeness (QED) is 0.214. The largest absolute Gasteiger partial charge is 0.308 e. The van der Waals surface area contributed by atoms with Crippen LogP contribution >= 0.6 is 0 Å². The molecule has 0 aliphatic heterocycles. The summed E-state index contributed by atoms with van der Waals surface area (Å²) < 4.78 is 2.28. The molecule has 0 fully saturated rings. The van der Waals surface area contributed by atoms with Gasteiger partial charge >= 0.3 is 0 Å². The molecule has 4 heteroatoms. The molecule has 0 saturated heterocycles. The smallest absolute Gasteiger partial charge is 0.0963 e. The summed E-state index contributed by atoms with van der Waals surface area (Å²) in [6, 6.07) is 50.6. The first kappa shape index (κ1) is 24.9. The number of aromatic nitrogens is 4. The molecule has 0 spiro atoms. The van der Waals surface area contributed by atoms with Crippen LogP contribution in [-0.2, 0) is 0 Å². The van der Waals surface area contributed by atoms with Crippen LogP contribution in [0.5, 0.6) is 0 Å². The lowest BCUT2D eigenvalue weighted by Gasteiger charge is -2.13. The fourth-order valence-electron chi connectivity index (χ4n) is 5.84. The lowest BCUT2D eigenvalue weighted by atomic mass is 9.98. The first-order valence-electron chi connectivity index (χ1n) is 14.4. The van der Waals surface area contributed by atoms with Gasteiger partial charge in [-0.2, -0.15) is 0 Å². The van der Waals surface area contributed by atoms with Gasteiger partial charge in [-0.3, -0.25) is 9.97 Å². The fourth-order valence-corrected chi connectivity index (χ4v) is 5.84. The Labute approximate surface area is 249 Å². The molecule has 8 aromatic rings. The van der Waals surface area contributed by atoms with Crippen molar-refractivity contribution < 1.29 is 0 Å². The number of rotatable bonds is 5. The van der Waals surface area contributed by atoms with Crippen LogP contribution < -0.4 is 0 Å². The van der Waals surface area contributed by atoms with Crippen LogP contribution in [0.1, 0.15) is 0 Å². The molecular formula is C39H26N4. The predicted octanol–water partition coefficient (Wildman–Crippen LogP) is 9.64. The van der Waals surface area contributed by atoms with Crippen LogP contribution in [0.4, 0.5) is 0 Å². The highest BCUT2D eigenvalue weighted by Crippen LogP contribution is 2.34. The summed E-state index contributed by atoms with van der Waals surface area (Å²) in [5.74, 6) is 0. The standard InChI is InChI=1S/C39H26N4/c1-2-10-27(11-3-1)28-18-20-29(21-19-28)31-25-35(42-36(26-31)34-15-6-7-22-40-34)30-12-8-13-32(24-30)43-37-16-5-4-14-33(37)39-38(43)17-9-23-41-39/h1-26H. The molecule has 4 heterocycles. The third kappa shape index (κ3) is 4.55. The number of hydrogen-bond donors (Lipinski definition) is 0. The van der Waals surface area contributed by atoms with Crippen molar-refractivity contribution in [3.8, 4) is 50.6 Å². The van der Waals surface area contributed by atoms with E-state index >= 15 is 0 Å². The normalized spacial score (nSPS) is 11.3. The molecule has 4 aromatic carbocycles. The summed E-state index contributed by atoms with van der Waals surface area (Å²) in [5.41, 5.74) is 12.5. The topological polar surface area (TPSA) is 43.6 Å². The highest BCUT2D eigenvalue weighted by atomic mass is 15.0. The molecule has 4 nitrogen and oxygen atoms in total. The van der Waals surface area contributed by atoms with Crippen LogP contribution in [0.15, 0.2) is 158 Å². The van der Waals surface area contributed by atoms with Gasteiger partial charge in [-0.15, -0.1) is 0 Å². The van der Waals surface area contributed by atoms with Gasteiger partial charge in [0.05, 0.1) is 33.6 Å². The number of pyridine rings is 3. The Morgan fingerprint density at radius 2 is 1.07 bits per heavy atom. The third-order valence-corrected chi connectivity index (χ3v) is 7.91. The van der Waals surface area contributed by atoms with E-state index in [1.54, 1.807) is 0 Å². The number of hydrogen-bond acceptors (Lipinski definition) is 3. The zero-order valence-electron chi connectivity index (χ0n) is 23.3. The second-order valence-electron chi connectivity index (χ2n) is 10.6. The Morgan fingerprint density at radius 1 is 0.395 bits per heavy atom. The minimum atomic E-state index is 0.840. The van der Waals surface area contributed by atoms with E-state index in [0.29, 0.717) is 0 Å². The Kier molecular flexibility index (Phi) is 6.08. The summed E-state index contributed by atoms with van der Waals surface area (Å²) in [5, 5.41) is 1.14. The Morgan fingerprint density at radius 3 is 1.91 bits per heavy atom. The molecule has 0 aliphatic carbocycles. The average molecular weight is 551 g/mol. The lowest BCUT2D eigenvalue weighted by Crippen LogP contribution is -1.96. The summed E-state index contributed by atoms with van der Waals surface area (Å²) in [6.07, 6.45) is 3.67. The molecule has 0 unspecified atom stereocenters. The molecule has 43 heavy (non-hydrogen) atoms. The average Bonchev–Trinajstić information content (AvgIpc) is 3.43. The SMILES string of the molecule is c1ccc(-c2ccc(-c3cc(-c4cccc(-n5c6ccccc6c6ncccc65)c4)nc(-c4ccccn4)c3)cc2)cc1. The van der Waals surface area contributed by atoms with E-state index in [4.69, 9.17) is 9.97 Å². The molecule has 202 valence electrons. The maximum atomic E-state index is 5.13. The van der Waals surface area contributed by atoms with E-state index < -0.39 is 0 Å². The number of para-hydroxylation sites is 1. The summed E-state index contributed by atoms with van der Waals surface area (Å²) in [4.78, 5) is 14.5. The maximum Gasteiger partial charge on any atom is 0.0963 e. The molecule has 8 rings (SSSR count). The second-order valence-corrected chi connectivity index (χ2v) is 10.6. The van der Waals surface area contributed by atoms with Crippen molar-refractivity contribution in [3.05, 3.63) is 158 Å². The van der Waals surface area contributed by atoms with Gasteiger partial charge in [0, 0.05) is 29.0 Å². The first-order valence-corrected chi connectivity index (χ1v) is 14.4. The Bertz CT molecular complexity index is 2160. The first-order chi connectivity index (χ1) is 21.3. The third-order valence-electron chi connectivity index (χ3n) is 7.91. The fraction of sp³-hybridized carbons (Fsp3) is 0. The zero-order valence-corrected chi connectivity index (χ0v) is 23.3. The van der Waals surface area contributed by atoms with Crippen LogP contribution in [0.3, 0.4) is 0 Å². The second kappa shape index (κ2) is 10.5. The van der Waals surface area contributed by atoms with Gasteiger partial charge in [-0.05, 0) is 76.9 Å². The molecule has 0 saturated carbocycles. The number of nitrogens with zero attached hydrogens (tertiary/aromatic N) is 4. The van der Waals surface area contributed by atoms with E-state index in [0.717, 1.165) is 61.4 Å². The molecule has 0 atom stereocenters. The van der Waals surface area contributed by atoms with Gasteiger partial charge in [-0.1, -0.05) is 91.0 Å². The highest BCUT2D eigenvalue weighted by molar-refractivity contribution is 6.07. The maximum absolute atomic E-state index is 5.13. The number of fused-ring (bicyclic) bond motifs is 3. The van der Waals surface area contributed by atoms with E-state index in [9.17, 15) is 0 Å².